The van der Waals surface area contributed by atoms with Crippen molar-refractivity contribution in [3.8, 4) is 0 Å². The molecule has 0 N–H and O–H groups in total. The van der Waals surface area contributed by atoms with Crippen molar-refractivity contribution >= 4 is 13.4 Å². The molecule has 0 bridgehead atoms. The summed E-state index contributed by atoms with van der Waals surface area (Å²) in [6.45, 7) is 3.38. The average molecular weight is 236 g/mol. The fourth-order valence-electron chi connectivity index (χ4n) is 1.06. The summed E-state index contributed by atoms with van der Waals surface area (Å²) in [4.78, 5) is 11.3. The summed E-state index contributed by atoms with van der Waals surface area (Å²) in [5.41, 5.74) is 0. The molecular weight excluding hydrogens is 215 g/mol. The Labute approximate surface area is 91.9 Å². The molecule has 0 rings (SSSR count). The highest BCUT2D eigenvalue weighted by Crippen LogP contribution is 2.42. The molecule has 0 saturated heterocycles. The van der Waals surface area contributed by atoms with Gasteiger partial charge in [0.15, 0.2) is 5.78 Å². The molecule has 0 aliphatic rings. The lowest BCUT2D eigenvalue weighted by molar-refractivity contribution is -0.121. The largest absolute Gasteiger partial charge is 0.327 e. The lowest BCUT2D eigenvalue weighted by Crippen LogP contribution is -2.07. The van der Waals surface area contributed by atoms with Crippen LogP contribution in [0.2, 0.25) is 0 Å². The maximum atomic E-state index is 11.3. The molecule has 0 radical (unpaired) electrons. The molecule has 5 heteroatoms. The zero-order chi connectivity index (χ0) is 11.7. The van der Waals surface area contributed by atoms with Crippen molar-refractivity contribution in [3.05, 3.63) is 0 Å². The normalized spacial score (nSPS) is 14.9. The first-order chi connectivity index (χ1) is 7.02. The van der Waals surface area contributed by atoms with Gasteiger partial charge in [-0.25, -0.2) is 0 Å². The molecule has 0 saturated carbocycles. The van der Waals surface area contributed by atoms with Crippen LogP contribution in [0.15, 0.2) is 0 Å². The van der Waals surface area contributed by atoms with Crippen molar-refractivity contribution in [2.45, 2.75) is 39.0 Å². The second-order valence-corrected chi connectivity index (χ2v) is 5.74. The van der Waals surface area contributed by atoms with Gasteiger partial charge in [-0.1, -0.05) is 26.2 Å². The fourth-order valence-corrected chi connectivity index (χ4v) is 1.55. The number of unbranched alkanes of at least 4 members (excludes halogenated alkanes) is 3. The molecule has 4 nitrogen and oxygen atoms in total. The molecule has 0 spiro atoms. The monoisotopic (exact) mass is 236 g/mol. The number of rotatable bonds is 9. The van der Waals surface area contributed by atoms with Crippen LogP contribution in [-0.2, 0) is 18.4 Å². The van der Waals surface area contributed by atoms with Crippen molar-refractivity contribution in [3.63, 3.8) is 0 Å². The number of carbonyl (C=O) groups excluding carboxylic acids is 1. The molecule has 90 valence electrons. The zero-order valence-corrected chi connectivity index (χ0v) is 10.7. The van der Waals surface area contributed by atoms with E-state index in [-0.39, 0.29) is 12.4 Å². The van der Waals surface area contributed by atoms with Crippen molar-refractivity contribution in [1.82, 2.24) is 0 Å². The van der Waals surface area contributed by atoms with E-state index in [1.54, 1.807) is 0 Å². The van der Waals surface area contributed by atoms with Gasteiger partial charge < -0.3 is 9.05 Å². The molecule has 0 aliphatic heterocycles. The van der Waals surface area contributed by atoms with Gasteiger partial charge in [-0.3, -0.25) is 9.36 Å². The van der Waals surface area contributed by atoms with Gasteiger partial charge in [0.1, 0.15) is 6.61 Å². The smallest absolute Gasteiger partial charge is 0.312 e. The Morgan fingerprint density at radius 1 is 1.27 bits per heavy atom. The van der Waals surface area contributed by atoms with Crippen LogP contribution in [0.3, 0.4) is 0 Å². The Bertz CT molecular complexity index is 227. The average Bonchev–Trinajstić information content (AvgIpc) is 2.22. The summed E-state index contributed by atoms with van der Waals surface area (Å²) in [5, 5.41) is 0. The minimum atomic E-state index is -2.99. The van der Waals surface area contributed by atoms with Crippen molar-refractivity contribution in [1.29, 1.82) is 0 Å². The quantitative estimate of drug-likeness (QED) is 0.456. The van der Waals surface area contributed by atoms with Gasteiger partial charge in [0, 0.05) is 20.2 Å². The Kier molecular flexibility index (Phi) is 7.93. The molecular formula is C10H21O4P. The Morgan fingerprint density at radius 3 is 2.47 bits per heavy atom. The minimum Gasteiger partial charge on any atom is -0.312 e. The van der Waals surface area contributed by atoms with Gasteiger partial charge in [-0.2, -0.15) is 0 Å². The lowest BCUT2D eigenvalue weighted by Gasteiger charge is -2.10. The molecule has 1 unspecified atom stereocenters. The summed E-state index contributed by atoms with van der Waals surface area (Å²) < 4.78 is 20.8. The highest BCUT2D eigenvalue weighted by Gasteiger charge is 2.16. The third-order valence-electron chi connectivity index (χ3n) is 2.10. The topological polar surface area (TPSA) is 52.6 Å². The van der Waals surface area contributed by atoms with Gasteiger partial charge in [-0.15, -0.1) is 0 Å². The number of carbonyl (C=O) groups is 1. The summed E-state index contributed by atoms with van der Waals surface area (Å²) in [6.07, 6.45) is 4.76. The van der Waals surface area contributed by atoms with Gasteiger partial charge in [-0.05, 0) is 6.42 Å². The zero-order valence-electron chi connectivity index (χ0n) is 9.82. The van der Waals surface area contributed by atoms with E-state index in [1.807, 2.05) is 0 Å². The summed E-state index contributed by atoms with van der Waals surface area (Å²) >= 11 is 0. The first kappa shape index (κ1) is 14.8. The highest BCUT2D eigenvalue weighted by atomic mass is 31.2. The second kappa shape index (κ2) is 8.03. The fraction of sp³-hybridized carbons (Fsp3) is 0.900. The van der Waals surface area contributed by atoms with E-state index in [1.165, 1.54) is 13.8 Å². The molecule has 15 heavy (non-hydrogen) atoms. The van der Waals surface area contributed by atoms with E-state index >= 15 is 0 Å². The van der Waals surface area contributed by atoms with E-state index < -0.39 is 7.60 Å². The summed E-state index contributed by atoms with van der Waals surface area (Å²) in [6, 6.07) is 0. The van der Waals surface area contributed by atoms with Crippen molar-refractivity contribution < 1.29 is 18.4 Å². The van der Waals surface area contributed by atoms with Crippen LogP contribution >= 0.6 is 7.60 Å². The summed E-state index contributed by atoms with van der Waals surface area (Å²) in [7, 11) is -1.68. The summed E-state index contributed by atoms with van der Waals surface area (Å²) in [5.74, 6) is -0.00905. The highest BCUT2D eigenvalue weighted by molar-refractivity contribution is 7.52. The van der Waals surface area contributed by atoms with Crippen LogP contribution in [-0.4, -0.2) is 26.2 Å². The Hall–Kier alpha value is -0.180. The minimum absolute atomic E-state index is 0.00905. The van der Waals surface area contributed by atoms with Gasteiger partial charge >= 0.3 is 7.60 Å². The van der Waals surface area contributed by atoms with Crippen molar-refractivity contribution in [2.75, 3.05) is 20.4 Å². The molecule has 0 heterocycles. The predicted molar refractivity (Wildman–Crippen MR) is 60.3 cm³/mol. The van der Waals surface area contributed by atoms with Crippen LogP contribution in [0.4, 0.5) is 0 Å². The van der Waals surface area contributed by atoms with E-state index in [4.69, 9.17) is 4.52 Å². The first-order valence-electron chi connectivity index (χ1n) is 5.31. The van der Waals surface area contributed by atoms with Crippen LogP contribution in [0.1, 0.15) is 39.0 Å². The Morgan fingerprint density at radius 2 is 1.93 bits per heavy atom. The molecule has 0 aliphatic carbocycles. The Balaban J connectivity index is 3.54. The van der Waals surface area contributed by atoms with Crippen molar-refractivity contribution in [2.24, 2.45) is 0 Å². The van der Waals surface area contributed by atoms with E-state index in [2.05, 4.69) is 11.4 Å². The van der Waals surface area contributed by atoms with Gasteiger partial charge in [0.25, 0.3) is 0 Å². The number of Topliss-reactive ketones (excluding diaryl/α,β-unsaturated/α-hetero) is 1. The van der Waals surface area contributed by atoms with E-state index in [0.29, 0.717) is 6.42 Å². The third-order valence-corrected chi connectivity index (χ3v) is 3.36. The maximum Gasteiger partial charge on any atom is 0.327 e. The number of hydrogen-bond acceptors (Lipinski definition) is 4. The predicted octanol–water partition coefficient (Wildman–Crippen LogP) is 3.01. The van der Waals surface area contributed by atoms with Gasteiger partial charge in [0.2, 0.25) is 0 Å². The SMILES string of the molecule is CCCCCCC(=O)COP(C)(=O)OC. The molecule has 0 aromatic carbocycles. The maximum absolute atomic E-state index is 11.3. The number of hydrogen-bond donors (Lipinski definition) is 0. The third kappa shape index (κ3) is 8.79. The number of ketones is 1. The molecule has 0 amide bonds. The molecule has 1 atom stereocenters. The van der Waals surface area contributed by atoms with E-state index in [9.17, 15) is 9.36 Å². The van der Waals surface area contributed by atoms with Crippen LogP contribution in [0.25, 0.3) is 0 Å². The standard InChI is InChI=1S/C10H21O4P/c1-4-5-6-7-8-10(11)9-14-15(3,12)13-2/h4-9H2,1-3H3. The van der Waals surface area contributed by atoms with E-state index in [0.717, 1.165) is 25.7 Å². The lowest BCUT2D eigenvalue weighted by atomic mass is 10.1. The molecule has 0 aromatic heterocycles. The van der Waals surface area contributed by atoms with Gasteiger partial charge in [0.05, 0.1) is 0 Å². The first-order valence-corrected chi connectivity index (χ1v) is 7.30. The van der Waals surface area contributed by atoms with Crippen LogP contribution in [0, 0.1) is 0 Å². The molecule has 0 fully saturated rings. The van der Waals surface area contributed by atoms with Crippen LogP contribution < -0.4 is 0 Å². The second-order valence-electron chi connectivity index (χ2n) is 3.58. The van der Waals surface area contributed by atoms with Crippen LogP contribution in [0.5, 0.6) is 0 Å². The molecule has 0 aromatic rings.